The van der Waals surface area contributed by atoms with E-state index < -0.39 is 0 Å². The molecule has 2 aromatic rings. The fourth-order valence-electron chi connectivity index (χ4n) is 1.67. The summed E-state index contributed by atoms with van der Waals surface area (Å²) in [5.41, 5.74) is 1.95. The van der Waals surface area contributed by atoms with Crippen LogP contribution < -0.4 is 5.32 Å². The van der Waals surface area contributed by atoms with Crippen molar-refractivity contribution in [3.63, 3.8) is 0 Å². The van der Waals surface area contributed by atoms with Gasteiger partial charge in [0.05, 0.1) is 0 Å². The number of rotatable bonds is 4. The lowest BCUT2D eigenvalue weighted by atomic mass is 10.2. The highest BCUT2D eigenvalue weighted by Gasteiger charge is 1.99. The Morgan fingerprint density at radius 3 is 2.17 bits per heavy atom. The van der Waals surface area contributed by atoms with Crippen LogP contribution in [0.4, 0.5) is 4.39 Å². The molecule has 0 radical (unpaired) electrons. The topological polar surface area (TPSA) is 12.0 Å². The van der Waals surface area contributed by atoms with Crippen LogP contribution in [0.25, 0.3) is 0 Å². The van der Waals surface area contributed by atoms with Crippen molar-refractivity contribution >= 4 is 23.2 Å². The Labute approximate surface area is 116 Å². The lowest BCUT2D eigenvalue weighted by Crippen LogP contribution is -2.12. The molecule has 1 N–H and O–H groups in total. The fraction of sp³-hybridized carbons (Fsp3) is 0.143. The lowest BCUT2D eigenvalue weighted by molar-refractivity contribution is 0.620. The maximum Gasteiger partial charge on any atom is 0.125 e. The van der Waals surface area contributed by atoms with Gasteiger partial charge in [0.15, 0.2) is 0 Å². The van der Waals surface area contributed by atoms with Crippen LogP contribution >= 0.6 is 23.2 Å². The van der Waals surface area contributed by atoms with Crippen molar-refractivity contribution in [2.24, 2.45) is 0 Å². The van der Waals surface area contributed by atoms with Crippen molar-refractivity contribution in [2.45, 2.75) is 13.1 Å². The van der Waals surface area contributed by atoms with Crippen LogP contribution in [0.5, 0.6) is 0 Å². The molecule has 0 amide bonds. The molecule has 0 saturated heterocycles. The normalized spacial score (nSPS) is 10.6. The van der Waals surface area contributed by atoms with E-state index in [2.05, 4.69) is 5.32 Å². The minimum atomic E-state index is -0.314. The monoisotopic (exact) mass is 283 g/mol. The molecular formula is C14H12Cl2FN. The summed E-state index contributed by atoms with van der Waals surface area (Å²) in [4.78, 5) is 0. The van der Waals surface area contributed by atoms with E-state index in [0.29, 0.717) is 18.1 Å². The van der Waals surface area contributed by atoms with Crippen LogP contribution in [0.15, 0.2) is 42.5 Å². The molecule has 0 atom stereocenters. The Balaban J connectivity index is 1.90. The van der Waals surface area contributed by atoms with Crippen LogP contribution in [0.1, 0.15) is 11.1 Å². The average molecular weight is 284 g/mol. The van der Waals surface area contributed by atoms with E-state index in [9.17, 15) is 4.39 Å². The third kappa shape index (κ3) is 3.98. The predicted octanol–water partition coefficient (Wildman–Crippen LogP) is 4.42. The molecule has 0 aliphatic rings. The predicted molar refractivity (Wildman–Crippen MR) is 73.4 cm³/mol. The maximum atomic E-state index is 13.1. The van der Waals surface area contributed by atoms with E-state index in [1.807, 2.05) is 24.3 Å². The summed E-state index contributed by atoms with van der Waals surface area (Å²) in [5.74, 6) is -0.314. The van der Waals surface area contributed by atoms with Crippen molar-refractivity contribution in [2.75, 3.05) is 0 Å². The standard InChI is InChI=1S/C14H12Cl2FN/c15-12-3-1-10(2-4-12)8-18-9-11-5-13(16)7-14(17)6-11/h1-7,18H,8-9H2. The van der Waals surface area contributed by atoms with Crippen molar-refractivity contribution in [1.29, 1.82) is 0 Å². The fourth-order valence-corrected chi connectivity index (χ4v) is 2.04. The summed E-state index contributed by atoms with van der Waals surface area (Å²) in [6.45, 7) is 1.27. The molecule has 94 valence electrons. The Kier molecular flexibility index (Phi) is 4.59. The molecule has 0 bridgehead atoms. The molecule has 18 heavy (non-hydrogen) atoms. The van der Waals surface area contributed by atoms with Gasteiger partial charge in [-0.1, -0.05) is 35.3 Å². The van der Waals surface area contributed by atoms with Gasteiger partial charge in [-0.25, -0.2) is 4.39 Å². The van der Waals surface area contributed by atoms with Gasteiger partial charge >= 0.3 is 0 Å². The zero-order valence-corrected chi connectivity index (χ0v) is 11.1. The van der Waals surface area contributed by atoms with Gasteiger partial charge in [-0.3, -0.25) is 0 Å². The minimum Gasteiger partial charge on any atom is -0.309 e. The van der Waals surface area contributed by atoms with E-state index in [-0.39, 0.29) is 5.82 Å². The smallest absolute Gasteiger partial charge is 0.125 e. The van der Waals surface area contributed by atoms with Gasteiger partial charge in [0.1, 0.15) is 5.82 Å². The largest absolute Gasteiger partial charge is 0.309 e. The zero-order valence-electron chi connectivity index (χ0n) is 9.59. The Morgan fingerprint density at radius 2 is 1.50 bits per heavy atom. The Bertz CT molecular complexity index is 506. The highest BCUT2D eigenvalue weighted by atomic mass is 35.5. The highest BCUT2D eigenvalue weighted by molar-refractivity contribution is 6.30. The van der Waals surface area contributed by atoms with Gasteiger partial charge in [-0.2, -0.15) is 0 Å². The van der Waals surface area contributed by atoms with Gasteiger partial charge in [0.2, 0.25) is 0 Å². The van der Waals surface area contributed by atoms with Crippen LogP contribution in [0, 0.1) is 5.82 Å². The third-order valence-electron chi connectivity index (χ3n) is 2.49. The van der Waals surface area contributed by atoms with Gasteiger partial charge < -0.3 is 5.32 Å². The van der Waals surface area contributed by atoms with Crippen LogP contribution in [0.2, 0.25) is 10.0 Å². The van der Waals surface area contributed by atoms with Crippen molar-refractivity contribution in [1.82, 2.24) is 5.32 Å². The first-order valence-electron chi connectivity index (χ1n) is 5.53. The highest BCUT2D eigenvalue weighted by Crippen LogP contribution is 2.14. The first kappa shape index (κ1) is 13.3. The average Bonchev–Trinajstić information content (AvgIpc) is 2.30. The van der Waals surface area contributed by atoms with Gasteiger partial charge in [-0.05, 0) is 41.5 Å². The van der Waals surface area contributed by atoms with Crippen LogP contribution in [0.3, 0.4) is 0 Å². The third-order valence-corrected chi connectivity index (χ3v) is 2.96. The number of hydrogen-bond donors (Lipinski definition) is 1. The van der Waals surface area contributed by atoms with Crippen molar-refractivity contribution < 1.29 is 4.39 Å². The molecule has 0 aromatic heterocycles. The first-order chi connectivity index (χ1) is 8.63. The lowest BCUT2D eigenvalue weighted by Gasteiger charge is -2.06. The van der Waals surface area contributed by atoms with E-state index in [4.69, 9.17) is 23.2 Å². The van der Waals surface area contributed by atoms with Crippen molar-refractivity contribution in [3.05, 3.63) is 69.5 Å². The van der Waals surface area contributed by atoms with Crippen LogP contribution in [-0.4, -0.2) is 0 Å². The van der Waals surface area contributed by atoms with E-state index in [1.54, 1.807) is 6.07 Å². The molecule has 1 nitrogen and oxygen atoms in total. The van der Waals surface area contributed by atoms with Gasteiger partial charge in [0, 0.05) is 23.1 Å². The summed E-state index contributed by atoms with van der Waals surface area (Å²) in [6.07, 6.45) is 0. The molecule has 0 saturated carbocycles. The quantitative estimate of drug-likeness (QED) is 0.876. The molecule has 2 aromatic carbocycles. The molecule has 0 aliphatic heterocycles. The van der Waals surface area contributed by atoms with Gasteiger partial charge in [0.25, 0.3) is 0 Å². The molecule has 0 aliphatic carbocycles. The molecular weight excluding hydrogens is 272 g/mol. The second kappa shape index (κ2) is 6.19. The van der Waals surface area contributed by atoms with E-state index in [1.165, 1.54) is 12.1 Å². The summed E-state index contributed by atoms with van der Waals surface area (Å²) in [6, 6.07) is 12.1. The zero-order chi connectivity index (χ0) is 13.0. The van der Waals surface area contributed by atoms with Gasteiger partial charge in [-0.15, -0.1) is 0 Å². The molecule has 0 spiro atoms. The first-order valence-corrected chi connectivity index (χ1v) is 6.29. The molecule has 0 unspecified atom stereocenters. The molecule has 4 heteroatoms. The Morgan fingerprint density at radius 1 is 0.833 bits per heavy atom. The molecule has 0 fully saturated rings. The number of halogens is 3. The molecule has 2 rings (SSSR count). The summed E-state index contributed by atoms with van der Waals surface area (Å²) in [7, 11) is 0. The van der Waals surface area contributed by atoms with Crippen molar-refractivity contribution in [3.8, 4) is 0 Å². The second-order valence-corrected chi connectivity index (χ2v) is 4.88. The summed E-state index contributed by atoms with van der Waals surface area (Å²) in [5, 5.41) is 4.36. The number of hydrogen-bond acceptors (Lipinski definition) is 1. The minimum absolute atomic E-state index is 0.314. The summed E-state index contributed by atoms with van der Waals surface area (Å²) >= 11 is 11.6. The maximum absolute atomic E-state index is 13.1. The van der Waals surface area contributed by atoms with E-state index in [0.717, 1.165) is 16.1 Å². The van der Waals surface area contributed by atoms with E-state index >= 15 is 0 Å². The SMILES string of the molecule is Fc1cc(Cl)cc(CNCc2ccc(Cl)cc2)c1. The number of benzene rings is 2. The second-order valence-electron chi connectivity index (χ2n) is 4.01. The molecule has 0 heterocycles. The Hall–Kier alpha value is -1.09. The number of nitrogens with one attached hydrogen (secondary N) is 1. The summed E-state index contributed by atoms with van der Waals surface area (Å²) < 4.78 is 13.1. The van der Waals surface area contributed by atoms with Crippen LogP contribution in [-0.2, 0) is 13.1 Å².